The van der Waals surface area contributed by atoms with E-state index in [2.05, 4.69) is 19.2 Å². The van der Waals surface area contributed by atoms with E-state index in [1.807, 2.05) is 24.3 Å². The van der Waals surface area contributed by atoms with Crippen molar-refractivity contribution in [2.24, 2.45) is 5.92 Å². The molecule has 0 bridgehead atoms. The van der Waals surface area contributed by atoms with Crippen LogP contribution < -0.4 is 5.32 Å². The van der Waals surface area contributed by atoms with Crippen LogP contribution in [-0.2, 0) is 11.3 Å². The Morgan fingerprint density at radius 3 is 2.59 bits per heavy atom. The Morgan fingerprint density at radius 2 is 1.94 bits per heavy atom. The van der Waals surface area contributed by atoms with Crippen LogP contribution in [0.1, 0.15) is 25.8 Å². The lowest BCUT2D eigenvalue weighted by Gasteiger charge is -2.07. The topological polar surface area (TPSA) is 21.3 Å². The van der Waals surface area contributed by atoms with Crippen molar-refractivity contribution >= 4 is 11.6 Å². The fraction of sp³-hybridized carbons (Fsp3) is 0.571. The molecule has 0 unspecified atom stereocenters. The minimum absolute atomic E-state index is 0.622. The van der Waals surface area contributed by atoms with Crippen LogP contribution in [0.15, 0.2) is 24.3 Å². The summed E-state index contributed by atoms with van der Waals surface area (Å²) in [5.74, 6) is 0.622. The van der Waals surface area contributed by atoms with Gasteiger partial charge in [-0.3, -0.25) is 0 Å². The Balaban J connectivity index is 1.99. The molecule has 1 aromatic rings. The molecular formula is C14H22ClNO. The summed E-state index contributed by atoms with van der Waals surface area (Å²) in [5, 5.41) is 4.17. The number of benzene rings is 1. The van der Waals surface area contributed by atoms with Crippen molar-refractivity contribution in [3.63, 3.8) is 0 Å². The molecule has 0 saturated heterocycles. The van der Waals surface area contributed by atoms with Crippen molar-refractivity contribution in [2.75, 3.05) is 19.8 Å². The Labute approximate surface area is 109 Å². The molecule has 1 N–H and O–H groups in total. The van der Waals surface area contributed by atoms with Crippen LogP contribution >= 0.6 is 11.6 Å². The third-order valence-corrected chi connectivity index (χ3v) is 2.59. The highest BCUT2D eigenvalue weighted by Gasteiger charge is 1.95. The quantitative estimate of drug-likeness (QED) is 0.718. The van der Waals surface area contributed by atoms with Gasteiger partial charge in [0.2, 0.25) is 0 Å². The van der Waals surface area contributed by atoms with E-state index < -0.39 is 0 Å². The van der Waals surface area contributed by atoms with Crippen LogP contribution in [0.3, 0.4) is 0 Å². The number of hydrogen-bond acceptors (Lipinski definition) is 2. The van der Waals surface area contributed by atoms with Gasteiger partial charge in [0.15, 0.2) is 0 Å². The highest BCUT2D eigenvalue weighted by Crippen LogP contribution is 2.08. The molecule has 2 nitrogen and oxygen atoms in total. The molecule has 0 aliphatic rings. The highest BCUT2D eigenvalue weighted by molar-refractivity contribution is 6.30. The molecule has 1 aromatic carbocycles. The molecule has 0 aliphatic heterocycles. The van der Waals surface area contributed by atoms with Gasteiger partial charge in [0.25, 0.3) is 0 Å². The minimum atomic E-state index is 0.622. The largest absolute Gasteiger partial charge is 0.381 e. The van der Waals surface area contributed by atoms with Crippen molar-refractivity contribution in [3.05, 3.63) is 34.9 Å². The Bertz CT molecular complexity index is 298. The van der Waals surface area contributed by atoms with Crippen molar-refractivity contribution in [3.8, 4) is 0 Å². The summed E-state index contributed by atoms with van der Waals surface area (Å²) in [6.45, 7) is 7.91. The Kier molecular flexibility index (Phi) is 7.25. The summed E-state index contributed by atoms with van der Waals surface area (Å²) in [6.07, 6.45) is 1.06. The van der Waals surface area contributed by atoms with Crippen molar-refractivity contribution < 1.29 is 4.74 Å². The zero-order valence-electron chi connectivity index (χ0n) is 10.7. The van der Waals surface area contributed by atoms with Crippen LogP contribution in [0, 0.1) is 5.92 Å². The number of ether oxygens (including phenoxy) is 1. The third-order valence-electron chi connectivity index (χ3n) is 2.34. The first-order chi connectivity index (χ1) is 8.18. The summed E-state index contributed by atoms with van der Waals surface area (Å²) in [6, 6.07) is 7.93. The van der Waals surface area contributed by atoms with Gasteiger partial charge in [-0.05, 0) is 36.6 Å². The zero-order chi connectivity index (χ0) is 12.5. The SMILES string of the molecule is CC(C)COCCCNCc1ccc(Cl)cc1. The first kappa shape index (κ1) is 14.5. The van der Waals surface area contributed by atoms with Gasteiger partial charge >= 0.3 is 0 Å². The van der Waals surface area contributed by atoms with Crippen molar-refractivity contribution in [2.45, 2.75) is 26.8 Å². The van der Waals surface area contributed by atoms with Crippen LogP contribution in [0.25, 0.3) is 0 Å². The average molecular weight is 256 g/mol. The second kappa shape index (κ2) is 8.51. The maximum atomic E-state index is 5.82. The molecule has 0 amide bonds. The smallest absolute Gasteiger partial charge is 0.0489 e. The maximum Gasteiger partial charge on any atom is 0.0489 e. The van der Waals surface area contributed by atoms with Gasteiger partial charge < -0.3 is 10.1 Å². The van der Waals surface area contributed by atoms with E-state index in [9.17, 15) is 0 Å². The molecule has 0 heterocycles. The summed E-state index contributed by atoms with van der Waals surface area (Å²) in [7, 11) is 0. The van der Waals surface area contributed by atoms with E-state index in [1.165, 1.54) is 5.56 Å². The van der Waals surface area contributed by atoms with Crippen LogP contribution in [0.5, 0.6) is 0 Å². The lowest BCUT2D eigenvalue weighted by Crippen LogP contribution is -2.16. The molecule has 1 rings (SSSR count). The molecule has 0 saturated carbocycles. The predicted octanol–water partition coefficient (Wildman–Crippen LogP) is 3.49. The fourth-order valence-corrected chi connectivity index (χ4v) is 1.58. The van der Waals surface area contributed by atoms with Crippen molar-refractivity contribution in [1.29, 1.82) is 0 Å². The molecule has 3 heteroatoms. The normalized spacial score (nSPS) is 11.1. The van der Waals surface area contributed by atoms with E-state index in [0.717, 1.165) is 37.7 Å². The zero-order valence-corrected chi connectivity index (χ0v) is 11.5. The van der Waals surface area contributed by atoms with Crippen LogP contribution in [0.2, 0.25) is 5.02 Å². The molecule has 0 spiro atoms. The van der Waals surface area contributed by atoms with E-state index >= 15 is 0 Å². The molecule has 17 heavy (non-hydrogen) atoms. The van der Waals surface area contributed by atoms with E-state index in [0.29, 0.717) is 5.92 Å². The van der Waals surface area contributed by atoms with Crippen LogP contribution in [-0.4, -0.2) is 19.8 Å². The molecule has 0 aliphatic carbocycles. The summed E-state index contributed by atoms with van der Waals surface area (Å²) < 4.78 is 5.51. The second-order valence-corrected chi connectivity index (χ2v) is 5.06. The van der Waals surface area contributed by atoms with Gasteiger partial charge in [-0.1, -0.05) is 37.6 Å². The van der Waals surface area contributed by atoms with Gasteiger partial charge in [-0.2, -0.15) is 0 Å². The molecule has 0 fully saturated rings. The fourth-order valence-electron chi connectivity index (χ4n) is 1.45. The van der Waals surface area contributed by atoms with Gasteiger partial charge in [-0.25, -0.2) is 0 Å². The van der Waals surface area contributed by atoms with E-state index in [-0.39, 0.29) is 0 Å². The van der Waals surface area contributed by atoms with Gasteiger partial charge in [0.1, 0.15) is 0 Å². The minimum Gasteiger partial charge on any atom is -0.381 e. The second-order valence-electron chi connectivity index (χ2n) is 4.63. The number of halogens is 1. The standard InChI is InChI=1S/C14H22ClNO/c1-12(2)11-17-9-3-8-16-10-13-4-6-14(15)7-5-13/h4-7,12,16H,3,8-11H2,1-2H3. The molecule has 0 atom stereocenters. The van der Waals surface area contributed by atoms with Gasteiger partial charge in [0.05, 0.1) is 0 Å². The molecule has 0 aromatic heterocycles. The summed E-state index contributed by atoms with van der Waals surface area (Å²) in [4.78, 5) is 0. The summed E-state index contributed by atoms with van der Waals surface area (Å²) >= 11 is 5.82. The maximum absolute atomic E-state index is 5.82. The van der Waals surface area contributed by atoms with Gasteiger partial charge in [0, 0.05) is 24.8 Å². The highest BCUT2D eigenvalue weighted by atomic mass is 35.5. The predicted molar refractivity (Wildman–Crippen MR) is 73.4 cm³/mol. The Hall–Kier alpha value is -0.570. The van der Waals surface area contributed by atoms with Crippen LogP contribution in [0.4, 0.5) is 0 Å². The van der Waals surface area contributed by atoms with E-state index in [4.69, 9.17) is 16.3 Å². The number of hydrogen-bond donors (Lipinski definition) is 1. The lowest BCUT2D eigenvalue weighted by atomic mass is 10.2. The van der Waals surface area contributed by atoms with Crippen molar-refractivity contribution in [1.82, 2.24) is 5.32 Å². The number of rotatable bonds is 8. The monoisotopic (exact) mass is 255 g/mol. The average Bonchev–Trinajstić information content (AvgIpc) is 2.30. The molecule has 0 radical (unpaired) electrons. The van der Waals surface area contributed by atoms with Gasteiger partial charge in [-0.15, -0.1) is 0 Å². The first-order valence-electron chi connectivity index (χ1n) is 6.21. The Morgan fingerprint density at radius 1 is 1.24 bits per heavy atom. The van der Waals surface area contributed by atoms with E-state index in [1.54, 1.807) is 0 Å². The lowest BCUT2D eigenvalue weighted by molar-refractivity contribution is 0.108. The third kappa shape index (κ3) is 7.37. The first-order valence-corrected chi connectivity index (χ1v) is 6.59. The molecular weight excluding hydrogens is 234 g/mol. The molecule has 96 valence electrons. The summed E-state index contributed by atoms with van der Waals surface area (Å²) in [5.41, 5.74) is 1.26. The number of nitrogens with one attached hydrogen (secondary N) is 1.